The molecule has 0 aliphatic rings. The number of aromatic nitrogens is 1. The van der Waals surface area contributed by atoms with E-state index in [1.165, 1.54) is 6.07 Å². The van der Waals surface area contributed by atoms with E-state index in [0.717, 1.165) is 0 Å². The quantitative estimate of drug-likeness (QED) is 0.727. The van der Waals surface area contributed by atoms with Gasteiger partial charge < -0.3 is 11.1 Å². The maximum Gasteiger partial charge on any atom is 0.251 e. The molecule has 0 spiro atoms. The van der Waals surface area contributed by atoms with Gasteiger partial charge in [-0.05, 0) is 19.1 Å². The van der Waals surface area contributed by atoms with Crippen LogP contribution in [0.25, 0.3) is 0 Å². The number of primary amides is 1. The maximum absolute atomic E-state index is 11.4. The van der Waals surface area contributed by atoms with Crippen LogP contribution in [-0.4, -0.2) is 23.3 Å². The molecule has 0 unspecified atom stereocenters. The number of aryl methyl sites for hydroxylation is 1. The topological polar surface area (TPSA) is 85.1 Å². The van der Waals surface area contributed by atoms with Crippen LogP contribution < -0.4 is 11.1 Å². The lowest BCUT2D eigenvalue weighted by Gasteiger charge is -2.03. The molecule has 5 nitrogen and oxygen atoms in total. The maximum atomic E-state index is 11.4. The lowest BCUT2D eigenvalue weighted by Crippen LogP contribution is -2.33. The van der Waals surface area contributed by atoms with Crippen LogP contribution in [0.1, 0.15) is 16.1 Å². The number of hydrogen-bond acceptors (Lipinski definition) is 3. The molecule has 0 aliphatic carbocycles. The number of carbonyl (C=O) groups is 2. The fraction of sp³-hybridized carbons (Fsp3) is 0.222. The summed E-state index contributed by atoms with van der Waals surface area (Å²) in [4.78, 5) is 25.8. The van der Waals surface area contributed by atoms with Crippen molar-refractivity contribution in [3.8, 4) is 0 Å². The Morgan fingerprint density at radius 1 is 1.53 bits per heavy atom. The van der Waals surface area contributed by atoms with E-state index in [9.17, 15) is 9.59 Å². The van der Waals surface area contributed by atoms with Gasteiger partial charge in [0.25, 0.3) is 5.91 Å². The summed E-state index contributed by atoms with van der Waals surface area (Å²) in [6.45, 7) is 1.52. The monoisotopic (exact) mass is 227 g/mol. The van der Waals surface area contributed by atoms with Crippen molar-refractivity contribution in [2.75, 3.05) is 6.54 Å². The Kier molecular flexibility index (Phi) is 3.62. The molecule has 15 heavy (non-hydrogen) atoms. The van der Waals surface area contributed by atoms with E-state index in [2.05, 4.69) is 10.3 Å². The van der Waals surface area contributed by atoms with Crippen LogP contribution in [0.2, 0.25) is 5.15 Å². The van der Waals surface area contributed by atoms with E-state index in [4.69, 9.17) is 17.3 Å². The van der Waals surface area contributed by atoms with Crippen molar-refractivity contribution < 1.29 is 9.59 Å². The Balaban J connectivity index is 2.77. The largest absolute Gasteiger partial charge is 0.368 e. The molecular formula is C9H10ClN3O2. The normalized spacial score (nSPS) is 9.73. The molecular weight excluding hydrogens is 218 g/mol. The molecule has 0 saturated heterocycles. The second kappa shape index (κ2) is 4.75. The highest BCUT2D eigenvalue weighted by Crippen LogP contribution is 2.09. The number of nitrogens with one attached hydrogen (secondary N) is 1. The zero-order valence-corrected chi connectivity index (χ0v) is 8.84. The Morgan fingerprint density at radius 3 is 2.73 bits per heavy atom. The predicted octanol–water partition coefficient (Wildman–Crippen LogP) is 0.259. The fourth-order valence-electron chi connectivity index (χ4n) is 1.03. The van der Waals surface area contributed by atoms with Gasteiger partial charge in [0.1, 0.15) is 5.15 Å². The van der Waals surface area contributed by atoms with E-state index in [0.29, 0.717) is 11.3 Å². The van der Waals surface area contributed by atoms with E-state index in [1.807, 2.05) is 0 Å². The van der Waals surface area contributed by atoms with Gasteiger partial charge in [-0.1, -0.05) is 11.6 Å². The highest BCUT2D eigenvalue weighted by molar-refractivity contribution is 6.29. The van der Waals surface area contributed by atoms with Gasteiger partial charge in [0.15, 0.2) is 0 Å². The van der Waals surface area contributed by atoms with Crippen molar-refractivity contribution in [1.82, 2.24) is 10.3 Å². The predicted molar refractivity (Wildman–Crippen MR) is 55.5 cm³/mol. The first kappa shape index (κ1) is 11.5. The third-order valence-electron chi connectivity index (χ3n) is 1.61. The SMILES string of the molecule is Cc1cc(C(=O)NCC(N)=O)cc(Cl)n1. The number of amides is 2. The van der Waals surface area contributed by atoms with E-state index in [1.54, 1.807) is 13.0 Å². The van der Waals surface area contributed by atoms with Crippen LogP contribution in [0.15, 0.2) is 12.1 Å². The van der Waals surface area contributed by atoms with Gasteiger partial charge in [-0.2, -0.15) is 0 Å². The third-order valence-corrected chi connectivity index (χ3v) is 1.80. The molecule has 0 fully saturated rings. The first-order valence-electron chi connectivity index (χ1n) is 4.19. The number of carbonyl (C=O) groups excluding carboxylic acids is 2. The number of nitrogens with zero attached hydrogens (tertiary/aromatic N) is 1. The van der Waals surface area contributed by atoms with Crippen LogP contribution in [0.5, 0.6) is 0 Å². The minimum atomic E-state index is -0.597. The van der Waals surface area contributed by atoms with Gasteiger partial charge in [0.05, 0.1) is 6.54 Å². The van der Waals surface area contributed by atoms with Crippen molar-refractivity contribution in [2.45, 2.75) is 6.92 Å². The summed E-state index contributed by atoms with van der Waals surface area (Å²) < 4.78 is 0. The van der Waals surface area contributed by atoms with Crippen LogP contribution >= 0.6 is 11.6 Å². The van der Waals surface area contributed by atoms with Crippen LogP contribution in [-0.2, 0) is 4.79 Å². The number of nitrogens with two attached hydrogens (primary N) is 1. The summed E-state index contributed by atoms with van der Waals surface area (Å²) in [7, 11) is 0. The van der Waals surface area contributed by atoms with Gasteiger partial charge in [-0.25, -0.2) is 4.98 Å². The van der Waals surface area contributed by atoms with Crippen LogP contribution in [0, 0.1) is 6.92 Å². The number of halogens is 1. The minimum Gasteiger partial charge on any atom is -0.368 e. The van der Waals surface area contributed by atoms with Gasteiger partial charge in [-0.15, -0.1) is 0 Å². The molecule has 80 valence electrons. The van der Waals surface area contributed by atoms with Crippen molar-refractivity contribution in [2.24, 2.45) is 5.73 Å². The first-order chi connectivity index (χ1) is 6.99. The van der Waals surface area contributed by atoms with Crippen LogP contribution in [0.3, 0.4) is 0 Å². The molecule has 2 amide bonds. The van der Waals surface area contributed by atoms with Gasteiger partial charge >= 0.3 is 0 Å². The molecule has 0 bridgehead atoms. The summed E-state index contributed by atoms with van der Waals surface area (Å²) in [6, 6.07) is 2.99. The average molecular weight is 228 g/mol. The van der Waals surface area contributed by atoms with Gasteiger partial charge in [-0.3, -0.25) is 9.59 Å². The Morgan fingerprint density at radius 2 is 2.20 bits per heavy atom. The summed E-state index contributed by atoms with van der Waals surface area (Å²) in [5.41, 5.74) is 5.87. The van der Waals surface area contributed by atoms with Crippen molar-refractivity contribution in [3.05, 3.63) is 28.5 Å². The van der Waals surface area contributed by atoms with E-state index >= 15 is 0 Å². The van der Waals surface area contributed by atoms with Gasteiger partial charge in [0.2, 0.25) is 5.91 Å². The van der Waals surface area contributed by atoms with Crippen LogP contribution in [0.4, 0.5) is 0 Å². The van der Waals surface area contributed by atoms with Crippen molar-refractivity contribution >= 4 is 23.4 Å². The molecule has 3 N–H and O–H groups in total. The average Bonchev–Trinajstić information content (AvgIpc) is 2.12. The molecule has 0 radical (unpaired) electrons. The summed E-state index contributed by atoms with van der Waals surface area (Å²) >= 11 is 5.67. The van der Waals surface area contributed by atoms with Gasteiger partial charge in [0, 0.05) is 11.3 Å². The molecule has 0 saturated carbocycles. The molecule has 1 heterocycles. The van der Waals surface area contributed by atoms with Crippen molar-refractivity contribution in [3.63, 3.8) is 0 Å². The number of hydrogen-bond donors (Lipinski definition) is 2. The highest BCUT2D eigenvalue weighted by Gasteiger charge is 2.08. The standard InChI is InChI=1S/C9H10ClN3O2/c1-5-2-6(3-7(10)13-5)9(15)12-4-8(11)14/h2-3H,4H2,1H3,(H2,11,14)(H,12,15). The summed E-state index contributed by atoms with van der Waals surface area (Å²) in [5.74, 6) is -0.999. The molecule has 1 aromatic heterocycles. The smallest absolute Gasteiger partial charge is 0.251 e. The van der Waals surface area contributed by atoms with Crippen molar-refractivity contribution in [1.29, 1.82) is 0 Å². The summed E-state index contributed by atoms with van der Waals surface area (Å²) in [5, 5.41) is 2.59. The van der Waals surface area contributed by atoms with E-state index < -0.39 is 11.8 Å². The number of pyridine rings is 1. The molecule has 1 rings (SSSR count). The molecule has 0 aliphatic heterocycles. The Bertz CT molecular complexity index is 386. The fourth-order valence-corrected chi connectivity index (χ4v) is 1.28. The van der Waals surface area contributed by atoms with E-state index in [-0.39, 0.29) is 11.7 Å². The Hall–Kier alpha value is -1.62. The first-order valence-corrected chi connectivity index (χ1v) is 4.57. The second-order valence-electron chi connectivity index (χ2n) is 2.97. The molecule has 0 aromatic carbocycles. The highest BCUT2D eigenvalue weighted by atomic mass is 35.5. The lowest BCUT2D eigenvalue weighted by molar-refractivity contribution is -0.117. The molecule has 6 heteroatoms. The minimum absolute atomic E-state index is 0.197. The molecule has 0 atom stereocenters. The summed E-state index contributed by atoms with van der Waals surface area (Å²) in [6.07, 6.45) is 0. The zero-order chi connectivity index (χ0) is 11.4. The second-order valence-corrected chi connectivity index (χ2v) is 3.36. The molecule has 1 aromatic rings. The number of rotatable bonds is 3. The zero-order valence-electron chi connectivity index (χ0n) is 8.08. The lowest BCUT2D eigenvalue weighted by atomic mass is 10.2. The Labute approximate surface area is 91.6 Å². The third kappa shape index (κ3) is 3.55.